The lowest BCUT2D eigenvalue weighted by Gasteiger charge is -2.26. The average molecular weight is 446 g/mol. The molecule has 31 heavy (non-hydrogen) atoms. The second-order valence-electron chi connectivity index (χ2n) is 8.60. The highest BCUT2D eigenvalue weighted by Gasteiger charge is 2.28. The summed E-state index contributed by atoms with van der Waals surface area (Å²) in [5.41, 5.74) is 2.87. The molecule has 1 amide bonds. The fourth-order valence-electron chi connectivity index (χ4n) is 4.50. The molecular weight excluding hydrogens is 417 g/mol. The Morgan fingerprint density at radius 2 is 2.13 bits per heavy atom. The van der Waals surface area contributed by atoms with Crippen molar-refractivity contribution in [2.24, 2.45) is 11.8 Å². The van der Waals surface area contributed by atoms with Gasteiger partial charge in [-0.15, -0.1) is 0 Å². The first-order chi connectivity index (χ1) is 15.0. The van der Waals surface area contributed by atoms with E-state index in [0.717, 1.165) is 68.0 Å². The number of fused-ring (bicyclic) bond motifs is 1. The summed E-state index contributed by atoms with van der Waals surface area (Å²) in [5, 5.41) is 3.19. The van der Waals surface area contributed by atoms with E-state index in [1.165, 1.54) is 12.1 Å². The van der Waals surface area contributed by atoms with Gasteiger partial charge in [0.05, 0.1) is 11.1 Å². The fraction of sp³-hybridized carbons (Fsp3) is 0.542. The molecule has 1 N–H and O–H groups in total. The van der Waals surface area contributed by atoms with E-state index >= 15 is 0 Å². The Morgan fingerprint density at radius 3 is 2.87 bits per heavy atom. The van der Waals surface area contributed by atoms with Crippen molar-refractivity contribution in [3.8, 4) is 0 Å². The number of benzene rings is 1. The first kappa shape index (κ1) is 22.2. The van der Waals surface area contributed by atoms with Crippen LogP contribution in [0.1, 0.15) is 61.3 Å². The Kier molecular flexibility index (Phi) is 7.18. The fourth-order valence-corrected chi connectivity index (χ4v) is 4.62. The molecule has 1 fully saturated rings. The molecule has 0 spiro atoms. The van der Waals surface area contributed by atoms with Gasteiger partial charge in [-0.1, -0.05) is 24.6 Å². The van der Waals surface area contributed by atoms with Gasteiger partial charge in [-0.3, -0.25) is 4.79 Å². The minimum absolute atomic E-state index is 0.00236. The summed E-state index contributed by atoms with van der Waals surface area (Å²) < 4.78 is 19.3. The molecule has 2 aromatic rings. The molecule has 1 aliphatic carbocycles. The second kappa shape index (κ2) is 10.0. The van der Waals surface area contributed by atoms with Crippen LogP contribution in [0.3, 0.4) is 0 Å². The maximum Gasteiger partial charge on any atom is 0.223 e. The van der Waals surface area contributed by atoms with Crippen LogP contribution in [0.15, 0.2) is 24.4 Å². The molecular formula is C24H29ClFN3O2. The molecule has 0 unspecified atom stereocenters. The van der Waals surface area contributed by atoms with Crippen LogP contribution >= 0.6 is 11.6 Å². The van der Waals surface area contributed by atoms with Crippen molar-refractivity contribution in [2.75, 3.05) is 13.2 Å². The van der Waals surface area contributed by atoms with E-state index in [4.69, 9.17) is 21.3 Å². The van der Waals surface area contributed by atoms with Gasteiger partial charge < -0.3 is 10.1 Å². The average Bonchev–Trinajstić information content (AvgIpc) is 2.79. The number of carbonyl (C=O) groups excluding carboxylic acids is 1. The minimum atomic E-state index is -0.466. The largest absolute Gasteiger partial charge is 0.381 e. The molecule has 1 aliphatic heterocycles. The molecule has 7 heteroatoms. The Balaban J connectivity index is 1.41. The van der Waals surface area contributed by atoms with Gasteiger partial charge >= 0.3 is 0 Å². The number of nitrogens with zero attached hydrogens (tertiary/aromatic N) is 2. The van der Waals surface area contributed by atoms with Crippen LogP contribution in [-0.2, 0) is 28.8 Å². The van der Waals surface area contributed by atoms with Crippen molar-refractivity contribution >= 4 is 17.5 Å². The van der Waals surface area contributed by atoms with Crippen molar-refractivity contribution in [1.82, 2.24) is 15.3 Å². The number of rotatable bonds is 6. The molecule has 0 saturated carbocycles. The lowest BCUT2D eigenvalue weighted by molar-refractivity contribution is -0.126. The predicted octanol–water partition coefficient (Wildman–Crippen LogP) is 4.61. The van der Waals surface area contributed by atoms with E-state index in [0.29, 0.717) is 18.8 Å². The normalized spacial score (nSPS) is 20.2. The van der Waals surface area contributed by atoms with Crippen LogP contribution in [0.2, 0.25) is 5.02 Å². The summed E-state index contributed by atoms with van der Waals surface area (Å²) in [6, 6.07) is 4.47. The molecule has 4 rings (SSSR count). The smallest absolute Gasteiger partial charge is 0.223 e. The number of aromatic nitrogens is 2. The zero-order valence-electron chi connectivity index (χ0n) is 17.9. The van der Waals surface area contributed by atoms with Gasteiger partial charge in [-0.2, -0.15) is 0 Å². The van der Waals surface area contributed by atoms with E-state index in [2.05, 4.69) is 10.3 Å². The van der Waals surface area contributed by atoms with Crippen LogP contribution in [-0.4, -0.2) is 29.1 Å². The summed E-state index contributed by atoms with van der Waals surface area (Å²) in [7, 11) is 0. The first-order valence-electron chi connectivity index (χ1n) is 11.2. The van der Waals surface area contributed by atoms with E-state index < -0.39 is 5.82 Å². The van der Waals surface area contributed by atoms with Crippen molar-refractivity contribution < 1.29 is 13.9 Å². The lowest BCUT2D eigenvalue weighted by Crippen LogP contribution is -2.36. The van der Waals surface area contributed by atoms with Gasteiger partial charge in [-0.05, 0) is 61.3 Å². The Labute approximate surface area is 187 Å². The third-order valence-corrected chi connectivity index (χ3v) is 6.77. The molecule has 1 aromatic heterocycles. The van der Waals surface area contributed by atoms with Gasteiger partial charge in [0.2, 0.25) is 5.91 Å². The number of aryl methyl sites for hydroxylation is 1. The molecule has 1 saturated heterocycles. The summed E-state index contributed by atoms with van der Waals surface area (Å²) in [6.07, 6.45) is 7.78. The van der Waals surface area contributed by atoms with Crippen molar-refractivity contribution in [1.29, 1.82) is 0 Å². The van der Waals surface area contributed by atoms with Crippen LogP contribution in [0.25, 0.3) is 0 Å². The lowest BCUT2D eigenvalue weighted by atomic mass is 9.86. The number of hydrogen-bond acceptors (Lipinski definition) is 4. The van der Waals surface area contributed by atoms with Gasteiger partial charge in [0.15, 0.2) is 0 Å². The predicted molar refractivity (Wildman–Crippen MR) is 117 cm³/mol. The van der Waals surface area contributed by atoms with Gasteiger partial charge in [0, 0.05) is 43.9 Å². The highest BCUT2D eigenvalue weighted by molar-refractivity contribution is 6.30. The number of nitrogens with one attached hydrogen (secondary N) is 1. The quantitative estimate of drug-likeness (QED) is 0.705. The van der Waals surface area contributed by atoms with Gasteiger partial charge in [-0.25, -0.2) is 14.4 Å². The van der Waals surface area contributed by atoms with Crippen LogP contribution in [0.4, 0.5) is 4.39 Å². The van der Waals surface area contributed by atoms with Gasteiger partial charge in [0.1, 0.15) is 11.6 Å². The maximum absolute atomic E-state index is 13.9. The molecule has 2 atom stereocenters. The Hall–Kier alpha value is -2.05. The highest BCUT2D eigenvalue weighted by atomic mass is 35.5. The molecule has 0 bridgehead atoms. The SMILES string of the molecule is CC[C@@H](NC(=O)[C@H]1CCc2cnc(CC3CCOCC3)nc2C1)c1ccc(Cl)c(F)c1. The van der Waals surface area contributed by atoms with Gasteiger partial charge in [0.25, 0.3) is 0 Å². The molecule has 5 nitrogen and oxygen atoms in total. The Morgan fingerprint density at radius 1 is 1.32 bits per heavy atom. The van der Waals surface area contributed by atoms with Crippen molar-refractivity contribution in [2.45, 2.75) is 57.9 Å². The topological polar surface area (TPSA) is 64.1 Å². The van der Waals surface area contributed by atoms with E-state index in [9.17, 15) is 9.18 Å². The molecule has 2 aliphatic rings. The minimum Gasteiger partial charge on any atom is -0.381 e. The number of halogens is 2. The second-order valence-corrected chi connectivity index (χ2v) is 9.01. The summed E-state index contributed by atoms with van der Waals surface area (Å²) in [4.78, 5) is 22.4. The third kappa shape index (κ3) is 5.42. The van der Waals surface area contributed by atoms with Crippen molar-refractivity contribution in [3.63, 3.8) is 0 Å². The summed E-state index contributed by atoms with van der Waals surface area (Å²) in [6.45, 7) is 3.60. The van der Waals surface area contributed by atoms with E-state index in [1.54, 1.807) is 6.07 Å². The summed E-state index contributed by atoms with van der Waals surface area (Å²) in [5.74, 6) is 0.837. The standard InChI is InChI=1S/C24H29ClFN3O2/c1-2-21(16-5-6-19(25)20(26)12-16)29-24(30)17-3-4-18-14-27-23(28-22(18)13-17)11-15-7-9-31-10-8-15/h5-6,12,14-15,17,21H,2-4,7-11,13H2,1H3,(H,29,30)/t17-,21+/m0/s1. The number of carbonyl (C=O) groups is 1. The number of hydrogen-bond donors (Lipinski definition) is 1. The monoisotopic (exact) mass is 445 g/mol. The maximum atomic E-state index is 13.9. The molecule has 1 aromatic carbocycles. The summed E-state index contributed by atoms with van der Waals surface area (Å²) >= 11 is 5.80. The van der Waals surface area contributed by atoms with Crippen molar-refractivity contribution in [3.05, 3.63) is 57.9 Å². The zero-order valence-corrected chi connectivity index (χ0v) is 18.6. The third-order valence-electron chi connectivity index (χ3n) is 6.46. The molecule has 166 valence electrons. The number of ether oxygens (including phenoxy) is 1. The Bertz CT molecular complexity index is 933. The first-order valence-corrected chi connectivity index (χ1v) is 11.6. The highest BCUT2D eigenvalue weighted by Crippen LogP contribution is 2.27. The molecule has 0 radical (unpaired) electrons. The van der Waals surface area contributed by atoms with E-state index in [1.807, 2.05) is 13.1 Å². The van der Waals surface area contributed by atoms with E-state index in [-0.39, 0.29) is 22.9 Å². The van der Waals surface area contributed by atoms with Crippen LogP contribution < -0.4 is 5.32 Å². The number of amides is 1. The van der Waals surface area contributed by atoms with Crippen LogP contribution in [0.5, 0.6) is 0 Å². The molecule has 2 heterocycles. The zero-order chi connectivity index (χ0) is 21.8. The van der Waals surface area contributed by atoms with Crippen LogP contribution in [0, 0.1) is 17.7 Å².